The van der Waals surface area contributed by atoms with E-state index in [0.717, 1.165) is 12.8 Å². The second-order valence-electron chi connectivity index (χ2n) is 5.64. The zero-order chi connectivity index (χ0) is 17.5. The number of halogens is 1. The molecule has 1 unspecified atom stereocenters. The van der Waals surface area contributed by atoms with Crippen molar-refractivity contribution in [3.05, 3.63) is 24.3 Å². The van der Waals surface area contributed by atoms with Crippen LogP contribution in [0, 0.1) is 0 Å². The van der Waals surface area contributed by atoms with E-state index in [4.69, 9.17) is 10.5 Å². The van der Waals surface area contributed by atoms with Crippen LogP contribution in [0.15, 0.2) is 29.2 Å². The first-order valence-electron chi connectivity index (χ1n) is 7.64. The first-order chi connectivity index (χ1) is 10.8. The van der Waals surface area contributed by atoms with Crippen LogP contribution in [-0.2, 0) is 14.6 Å². The van der Waals surface area contributed by atoms with Gasteiger partial charge in [0.1, 0.15) is 5.75 Å². The number of sulfone groups is 1. The van der Waals surface area contributed by atoms with E-state index in [2.05, 4.69) is 0 Å². The molecule has 8 heteroatoms. The molecule has 1 aromatic carbocycles. The second-order valence-corrected chi connectivity index (χ2v) is 7.65. The van der Waals surface area contributed by atoms with Crippen LogP contribution in [0.3, 0.4) is 0 Å². The molecule has 6 nitrogen and oxygen atoms in total. The summed E-state index contributed by atoms with van der Waals surface area (Å²) in [7, 11) is -1.42. The van der Waals surface area contributed by atoms with E-state index in [1.54, 1.807) is 24.1 Å². The number of benzene rings is 1. The lowest BCUT2D eigenvalue weighted by molar-refractivity contribution is -0.131. The van der Waals surface area contributed by atoms with Crippen LogP contribution in [0.25, 0.3) is 0 Å². The van der Waals surface area contributed by atoms with Crippen molar-refractivity contribution in [3.8, 4) is 5.75 Å². The Balaban J connectivity index is 0.00000529. The predicted octanol–water partition coefficient (Wildman–Crippen LogP) is 1.87. The Hall–Kier alpha value is -1.31. The summed E-state index contributed by atoms with van der Waals surface area (Å²) < 4.78 is 28.2. The van der Waals surface area contributed by atoms with Crippen molar-refractivity contribution < 1.29 is 17.9 Å². The van der Waals surface area contributed by atoms with Gasteiger partial charge in [0.2, 0.25) is 5.91 Å². The number of likely N-dealkylation sites (N-methyl/N-ethyl adjacent to an activating group) is 1. The number of hydrogen-bond acceptors (Lipinski definition) is 5. The lowest BCUT2D eigenvalue weighted by Gasteiger charge is -2.23. The molecule has 24 heavy (non-hydrogen) atoms. The Bertz CT molecular complexity index is 605. The van der Waals surface area contributed by atoms with Gasteiger partial charge in [0, 0.05) is 32.3 Å². The molecule has 0 fully saturated rings. The molecule has 1 amide bonds. The Labute approximate surface area is 150 Å². The molecule has 0 saturated carbocycles. The highest BCUT2D eigenvalue weighted by Gasteiger charge is 2.13. The van der Waals surface area contributed by atoms with E-state index in [1.165, 1.54) is 18.4 Å². The predicted molar refractivity (Wildman–Crippen MR) is 97.4 cm³/mol. The molecule has 0 aliphatic heterocycles. The van der Waals surface area contributed by atoms with Crippen LogP contribution < -0.4 is 10.5 Å². The van der Waals surface area contributed by atoms with Gasteiger partial charge < -0.3 is 15.4 Å². The van der Waals surface area contributed by atoms with Gasteiger partial charge >= 0.3 is 0 Å². The molecule has 138 valence electrons. The molecule has 0 aliphatic carbocycles. The lowest BCUT2D eigenvalue weighted by Crippen LogP contribution is -2.39. The van der Waals surface area contributed by atoms with Gasteiger partial charge in [-0.05, 0) is 44.0 Å². The number of unbranched alkanes of at least 4 members (excludes halogenated alkanes) is 1. The average Bonchev–Trinajstić information content (AvgIpc) is 2.52. The summed E-state index contributed by atoms with van der Waals surface area (Å²) in [4.78, 5) is 13.8. The third-order valence-corrected chi connectivity index (χ3v) is 4.83. The monoisotopic (exact) mass is 378 g/mol. The molecule has 1 rings (SSSR count). The first kappa shape index (κ1) is 22.7. The van der Waals surface area contributed by atoms with Gasteiger partial charge in [-0.2, -0.15) is 0 Å². The maximum atomic E-state index is 11.9. The summed E-state index contributed by atoms with van der Waals surface area (Å²) in [6.45, 7) is 2.86. The van der Waals surface area contributed by atoms with E-state index >= 15 is 0 Å². The Morgan fingerprint density at radius 2 is 1.83 bits per heavy atom. The summed E-state index contributed by atoms with van der Waals surface area (Å²) in [5.74, 6) is 0.707. The standard InChI is InChI=1S/C16H26N2O4S.ClH/c1-13(12-17)18(2)16(19)6-4-5-11-22-14-7-9-15(10-8-14)23(3,20)21;/h7-10,13H,4-6,11-12,17H2,1-3H3;1H. The first-order valence-corrected chi connectivity index (χ1v) is 9.53. The Kier molecular flexibility index (Phi) is 9.96. The van der Waals surface area contributed by atoms with E-state index in [1.807, 2.05) is 6.92 Å². The topological polar surface area (TPSA) is 89.7 Å². The smallest absolute Gasteiger partial charge is 0.222 e. The molecule has 0 aromatic heterocycles. The minimum Gasteiger partial charge on any atom is -0.494 e. The van der Waals surface area contributed by atoms with Gasteiger partial charge in [0.15, 0.2) is 9.84 Å². The summed E-state index contributed by atoms with van der Waals surface area (Å²) in [5.41, 5.74) is 5.54. The number of nitrogens with two attached hydrogens (primary N) is 1. The van der Waals surface area contributed by atoms with Crippen molar-refractivity contribution in [1.82, 2.24) is 4.90 Å². The van der Waals surface area contributed by atoms with E-state index in [-0.39, 0.29) is 29.3 Å². The fraction of sp³-hybridized carbons (Fsp3) is 0.562. The maximum Gasteiger partial charge on any atom is 0.222 e. The average molecular weight is 379 g/mol. The number of amides is 1. The van der Waals surface area contributed by atoms with Crippen molar-refractivity contribution in [1.29, 1.82) is 0 Å². The number of carbonyl (C=O) groups excluding carboxylic acids is 1. The number of rotatable bonds is 9. The van der Waals surface area contributed by atoms with Gasteiger partial charge in [-0.25, -0.2) is 8.42 Å². The summed E-state index contributed by atoms with van der Waals surface area (Å²) in [5, 5.41) is 0. The summed E-state index contributed by atoms with van der Waals surface area (Å²) in [6.07, 6.45) is 3.13. The fourth-order valence-electron chi connectivity index (χ4n) is 1.93. The number of nitrogens with zero attached hydrogens (tertiary/aromatic N) is 1. The van der Waals surface area contributed by atoms with Crippen molar-refractivity contribution in [2.24, 2.45) is 5.73 Å². The van der Waals surface area contributed by atoms with Gasteiger partial charge in [-0.3, -0.25) is 4.79 Å². The zero-order valence-electron chi connectivity index (χ0n) is 14.4. The molecule has 1 atom stereocenters. The highest BCUT2D eigenvalue weighted by Crippen LogP contribution is 2.16. The van der Waals surface area contributed by atoms with Crippen LogP contribution >= 0.6 is 12.4 Å². The highest BCUT2D eigenvalue weighted by molar-refractivity contribution is 7.90. The minimum absolute atomic E-state index is 0. The van der Waals surface area contributed by atoms with Gasteiger partial charge in [-0.1, -0.05) is 0 Å². The highest BCUT2D eigenvalue weighted by atomic mass is 35.5. The molecule has 0 radical (unpaired) electrons. The minimum atomic E-state index is -3.18. The van der Waals surface area contributed by atoms with Crippen molar-refractivity contribution in [2.75, 3.05) is 26.5 Å². The van der Waals surface area contributed by atoms with Crippen LogP contribution in [0.1, 0.15) is 26.2 Å². The van der Waals surface area contributed by atoms with Gasteiger partial charge in [-0.15, -0.1) is 12.4 Å². The molecule has 1 aromatic rings. The molecule has 2 N–H and O–H groups in total. The molecule has 0 saturated heterocycles. The normalized spacial score (nSPS) is 12.2. The molecule has 0 aliphatic rings. The van der Waals surface area contributed by atoms with Crippen LogP contribution in [0.2, 0.25) is 0 Å². The van der Waals surface area contributed by atoms with Gasteiger partial charge in [0.05, 0.1) is 11.5 Å². The van der Waals surface area contributed by atoms with Crippen molar-refractivity contribution >= 4 is 28.2 Å². The fourth-order valence-corrected chi connectivity index (χ4v) is 2.56. The van der Waals surface area contributed by atoms with Crippen molar-refractivity contribution in [3.63, 3.8) is 0 Å². The van der Waals surface area contributed by atoms with Crippen LogP contribution in [0.4, 0.5) is 0 Å². The zero-order valence-corrected chi connectivity index (χ0v) is 16.0. The third kappa shape index (κ3) is 7.51. The van der Waals surface area contributed by atoms with E-state index < -0.39 is 9.84 Å². The third-order valence-electron chi connectivity index (χ3n) is 3.70. The Morgan fingerprint density at radius 1 is 1.25 bits per heavy atom. The Morgan fingerprint density at radius 3 is 2.33 bits per heavy atom. The quantitative estimate of drug-likeness (QED) is 0.662. The van der Waals surface area contributed by atoms with E-state index in [9.17, 15) is 13.2 Å². The lowest BCUT2D eigenvalue weighted by atomic mass is 10.2. The van der Waals surface area contributed by atoms with Crippen LogP contribution in [0.5, 0.6) is 5.75 Å². The number of carbonyl (C=O) groups is 1. The number of ether oxygens (including phenoxy) is 1. The summed E-state index contributed by atoms with van der Waals surface area (Å²) >= 11 is 0. The van der Waals surface area contributed by atoms with Gasteiger partial charge in [0.25, 0.3) is 0 Å². The molecule has 0 heterocycles. The second kappa shape index (κ2) is 10.5. The molecule has 0 bridgehead atoms. The molecular weight excluding hydrogens is 352 g/mol. The number of hydrogen-bond donors (Lipinski definition) is 1. The molecular formula is C16H27ClN2O4S. The van der Waals surface area contributed by atoms with Crippen LogP contribution in [-0.4, -0.2) is 51.7 Å². The van der Waals surface area contributed by atoms with E-state index in [0.29, 0.717) is 25.3 Å². The largest absolute Gasteiger partial charge is 0.494 e. The SMILES string of the molecule is CC(CN)N(C)C(=O)CCCCOc1ccc(S(C)(=O)=O)cc1.Cl. The van der Waals surface area contributed by atoms with Crippen molar-refractivity contribution in [2.45, 2.75) is 37.1 Å². The maximum absolute atomic E-state index is 11.9. The molecule has 0 spiro atoms. The summed E-state index contributed by atoms with van der Waals surface area (Å²) in [6, 6.07) is 6.37.